The van der Waals surface area contributed by atoms with Crippen molar-refractivity contribution in [1.29, 1.82) is 0 Å². The van der Waals surface area contributed by atoms with Crippen LogP contribution in [0.2, 0.25) is 0 Å². The average molecular weight is 225 g/mol. The molecule has 0 aliphatic heterocycles. The number of aromatic nitrogens is 2. The van der Waals surface area contributed by atoms with Gasteiger partial charge in [-0.2, -0.15) is 9.30 Å². The van der Waals surface area contributed by atoms with Gasteiger partial charge in [0.1, 0.15) is 0 Å². The first-order chi connectivity index (χ1) is 7.22. The first kappa shape index (κ1) is 9.98. The molecule has 0 aliphatic carbocycles. The molecule has 0 aliphatic rings. The number of hydrogen-bond donors (Lipinski definition) is 0. The van der Waals surface area contributed by atoms with Crippen LogP contribution in [0.3, 0.4) is 0 Å². The smallest absolute Gasteiger partial charge is 0.338 e. The summed E-state index contributed by atoms with van der Waals surface area (Å²) in [7, 11) is 0. The predicted octanol–water partition coefficient (Wildman–Crippen LogP) is 2.21. The number of halogens is 1. The van der Waals surface area contributed by atoms with Gasteiger partial charge in [-0.25, -0.2) is 4.79 Å². The molecule has 15 heavy (non-hydrogen) atoms. The molecule has 0 unspecified atom stereocenters. The van der Waals surface area contributed by atoms with Gasteiger partial charge in [0, 0.05) is 17.2 Å². The molecule has 0 N–H and O–H groups in total. The van der Waals surface area contributed by atoms with Gasteiger partial charge in [0.15, 0.2) is 0 Å². The van der Waals surface area contributed by atoms with Gasteiger partial charge in [0.2, 0.25) is 0 Å². The highest BCUT2D eigenvalue weighted by molar-refractivity contribution is 6.18. The van der Waals surface area contributed by atoms with E-state index in [2.05, 4.69) is 5.10 Å². The first-order valence-electron chi connectivity index (χ1n) is 4.53. The summed E-state index contributed by atoms with van der Waals surface area (Å²) in [5.74, 6) is -0.350. The third kappa shape index (κ3) is 1.80. The topological polar surface area (TPSA) is 44.1 Å². The Bertz CT molecular complexity index is 507. The van der Waals surface area contributed by atoms with E-state index in [0.717, 1.165) is 5.39 Å². The molecule has 0 atom stereocenters. The largest absolute Gasteiger partial charge is 0.462 e. The lowest BCUT2D eigenvalue weighted by molar-refractivity contribution is 0.0526. The lowest BCUT2D eigenvalue weighted by Crippen LogP contribution is -2.04. The van der Waals surface area contributed by atoms with Gasteiger partial charge < -0.3 is 4.74 Å². The van der Waals surface area contributed by atoms with E-state index in [1.165, 1.54) is 4.20 Å². The summed E-state index contributed by atoms with van der Waals surface area (Å²) in [6, 6.07) is 5.14. The lowest BCUT2D eigenvalue weighted by atomic mass is 10.2. The second-order valence-electron chi connectivity index (χ2n) is 3.00. The Kier molecular flexibility index (Phi) is 2.60. The van der Waals surface area contributed by atoms with E-state index in [-0.39, 0.29) is 5.97 Å². The molecule has 78 valence electrons. The van der Waals surface area contributed by atoms with Crippen LogP contribution in [-0.2, 0) is 4.74 Å². The number of rotatable bonds is 2. The van der Waals surface area contributed by atoms with Gasteiger partial charge in [-0.3, -0.25) is 0 Å². The molecule has 0 fully saturated rings. The number of nitrogens with zero attached hydrogens (tertiary/aromatic N) is 2. The van der Waals surface area contributed by atoms with Gasteiger partial charge in [-0.05, 0) is 19.1 Å². The molecular formula is C10H9ClN2O2. The van der Waals surface area contributed by atoms with E-state index in [4.69, 9.17) is 16.5 Å². The molecule has 2 rings (SSSR count). The van der Waals surface area contributed by atoms with Crippen molar-refractivity contribution in [2.75, 3.05) is 6.61 Å². The molecule has 0 saturated carbocycles. The van der Waals surface area contributed by atoms with E-state index in [0.29, 0.717) is 17.7 Å². The minimum absolute atomic E-state index is 0.350. The molecule has 1 heterocycles. The lowest BCUT2D eigenvalue weighted by Gasteiger charge is -2.01. The summed E-state index contributed by atoms with van der Waals surface area (Å²) < 4.78 is 6.09. The molecule has 0 spiro atoms. The second-order valence-corrected chi connectivity index (χ2v) is 3.32. The third-order valence-electron chi connectivity index (χ3n) is 2.04. The number of carbonyl (C=O) groups is 1. The molecule has 1 aromatic carbocycles. The molecule has 1 aromatic heterocycles. The van der Waals surface area contributed by atoms with Gasteiger partial charge in [0.25, 0.3) is 0 Å². The summed E-state index contributed by atoms with van der Waals surface area (Å²) in [6.45, 7) is 2.12. The normalized spacial score (nSPS) is 10.5. The number of carbonyl (C=O) groups excluding carboxylic acids is 1. The van der Waals surface area contributed by atoms with Crippen LogP contribution in [0.1, 0.15) is 17.3 Å². The molecule has 0 bridgehead atoms. The molecule has 2 aromatic rings. The molecule has 4 nitrogen and oxygen atoms in total. The minimum Gasteiger partial charge on any atom is -0.462 e. The molecule has 0 amide bonds. The Morgan fingerprint density at radius 2 is 2.40 bits per heavy atom. The maximum absolute atomic E-state index is 11.4. The van der Waals surface area contributed by atoms with Crippen molar-refractivity contribution >= 4 is 28.6 Å². The van der Waals surface area contributed by atoms with Crippen molar-refractivity contribution in [2.45, 2.75) is 6.92 Å². The maximum Gasteiger partial charge on any atom is 0.338 e. The SMILES string of the molecule is CCOC(=O)c1ccc2cnn(Cl)c2c1. The van der Waals surface area contributed by atoms with Crippen LogP contribution in [0, 0.1) is 0 Å². The van der Waals surface area contributed by atoms with Crippen LogP contribution < -0.4 is 0 Å². The fourth-order valence-electron chi connectivity index (χ4n) is 1.33. The number of hydrogen-bond acceptors (Lipinski definition) is 3. The second kappa shape index (κ2) is 3.90. The summed E-state index contributed by atoms with van der Waals surface area (Å²) in [5.41, 5.74) is 1.17. The van der Waals surface area contributed by atoms with Gasteiger partial charge >= 0.3 is 5.97 Å². The minimum atomic E-state index is -0.350. The van der Waals surface area contributed by atoms with E-state index in [9.17, 15) is 4.79 Å². The van der Waals surface area contributed by atoms with Crippen LogP contribution in [0.4, 0.5) is 0 Å². The van der Waals surface area contributed by atoms with E-state index in [1.54, 1.807) is 31.3 Å². The highest BCUT2D eigenvalue weighted by atomic mass is 35.5. The Morgan fingerprint density at radius 3 is 3.13 bits per heavy atom. The standard InChI is InChI=1S/C10H9ClN2O2/c1-2-15-10(14)7-3-4-8-6-12-13(11)9(8)5-7/h3-6H,2H2,1H3. The zero-order chi connectivity index (χ0) is 10.8. The number of ether oxygens (including phenoxy) is 1. The zero-order valence-corrected chi connectivity index (χ0v) is 8.86. The Balaban J connectivity index is 2.45. The monoisotopic (exact) mass is 224 g/mol. The van der Waals surface area contributed by atoms with Crippen molar-refractivity contribution in [3.8, 4) is 0 Å². The number of benzene rings is 1. The quantitative estimate of drug-likeness (QED) is 0.735. The maximum atomic E-state index is 11.4. The van der Waals surface area contributed by atoms with Crippen molar-refractivity contribution in [3.05, 3.63) is 30.0 Å². The van der Waals surface area contributed by atoms with Crippen LogP contribution in [0.25, 0.3) is 10.9 Å². The Morgan fingerprint density at radius 1 is 1.60 bits per heavy atom. The summed E-state index contributed by atoms with van der Waals surface area (Å²) in [6.07, 6.45) is 1.64. The zero-order valence-electron chi connectivity index (χ0n) is 8.11. The Labute approximate surface area is 91.5 Å². The molecular weight excluding hydrogens is 216 g/mol. The predicted molar refractivity (Wildman–Crippen MR) is 56.9 cm³/mol. The highest BCUT2D eigenvalue weighted by Gasteiger charge is 2.09. The van der Waals surface area contributed by atoms with Crippen molar-refractivity contribution in [3.63, 3.8) is 0 Å². The molecule has 5 heteroatoms. The van der Waals surface area contributed by atoms with Crippen molar-refractivity contribution in [2.24, 2.45) is 0 Å². The van der Waals surface area contributed by atoms with Crippen LogP contribution in [0.15, 0.2) is 24.4 Å². The number of fused-ring (bicyclic) bond motifs is 1. The average Bonchev–Trinajstić information content (AvgIpc) is 2.60. The van der Waals surface area contributed by atoms with Crippen LogP contribution >= 0.6 is 11.8 Å². The van der Waals surface area contributed by atoms with Gasteiger partial charge in [0.05, 0.1) is 23.9 Å². The van der Waals surface area contributed by atoms with Crippen molar-refractivity contribution < 1.29 is 9.53 Å². The molecule has 0 saturated heterocycles. The fraction of sp³-hybridized carbons (Fsp3) is 0.200. The summed E-state index contributed by atoms with van der Waals surface area (Å²) in [4.78, 5) is 11.4. The summed E-state index contributed by atoms with van der Waals surface area (Å²) >= 11 is 5.78. The number of esters is 1. The van der Waals surface area contributed by atoms with E-state index in [1.807, 2.05) is 0 Å². The summed E-state index contributed by atoms with van der Waals surface area (Å²) in [5, 5.41) is 4.76. The highest BCUT2D eigenvalue weighted by Crippen LogP contribution is 2.17. The van der Waals surface area contributed by atoms with Gasteiger partial charge in [-0.1, -0.05) is 6.07 Å². The first-order valence-corrected chi connectivity index (χ1v) is 4.87. The third-order valence-corrected chi connectivity index (χ3v) is 2.31. The van der Waals surface area contributed by atoms with Crippen LogP contribution in [-0.4, -0.2) is 21.9 Å². The van der Waals surface area contributed by atoms with Crippen LogP contribution in [0.5, 0.6) is 0 Å². The molecule has 0 radical (unpaired) electrons. The van der Waals surface area contributed by atoms with E-state index < -0.39 is 0 Å². The van der Waals surface area contributed by atoms with Gasteiger partial charge in [-0.15, -0.1) is 0 Å². The Hall–Kier alpha value is -1.55. The van der Waals surface area contributed by atoms with Crippen molar-refractivity contribution in [1.82, 2.24) is 9.30 Å². The fourth-order valence-corrected chi connectivity index (χ4v) is 1.52. The van der Waals surface area contributed by atoms with E-state index >= 15 is 0 Å².